The number of carbonyl (C=O) groups is 1. The summed E-state index contributed by atoms with van der Waals surface area (Å²) in [5.74, 6) is -0.888. The summed E-state index contributed by atoms with van der Waals surface area (Å²) in [4.78, 5) is 51.5. The number of nitrogens with zero attached hydrogens (tertiary/aromatic N) is 4. The van der Waals surface area contributed by atoms with Gasteiger partial charge in [-0.1, -0.05) is 19.8 Å². The van der Waals surface area contributed by atoms with E-state index in [0.29, 0.717) is 0 Å². The van der Waals surface area contributed by atoms with Crippen LogP contribution in [0.3, 0.4) is 0 Å². The third kappa shape index (κ3) is 4.00. The number of aryl methyl sites for hydroxylation is 1. The van der Waals surface area contributed by atoms with Gasteiger partial charge in [0.25, 0.3) is 16.8 Å². The van der Waals surface area contributed by atoms with Crippen molar-refractivity contribution in [2.75, 3.05) is 24.7 Å². The standard InChI is InChI=1S/C24H28N6O4/c1-13-15(27-12-11-25-13)22(24(2)8-5-6-9-24)29-17-16(20(32)21(17)33)28-14-7-10-26-18(19(14)31)23(34)30(3)4/h7,10-12,22,29,31H,5-6,8-9H2,1-4H3,(H,26,28)/t22-/m0/s1. The van der Waals surface area contributed by atoms with E-state index < -0.39 is 22.5 Å². The summed E-state index contributed by atoms with van der Waals surface area (Å²) in [6.07, 6.45) is 8.62. The molecule has 0 radical (unpaired) electrons. The van der Waals surface area contributed by atoms with Crippen molar-refractivity contribution in [3.63, 3.8) is 0 Å². The lowest BCUT2D eigenvalue weighted by Crippen LogP contribution is -2.40. The smallest absolute Gasteiger partial charge is 0.275 e. The SMILES string of the molecule is Cc1nccnc1[C@H](Nc1c(Nc2ccnc(C(=O)N(C)C)c2O)c(=O)c1=O)C1(C)CCCC1. The second kappa shape index (κ2) is 8.85. The molecular weight excluding hydrogens is 436 g/mol. The summed E-state index contributed by atoms with van der Waals surface area (Å²) in [5.41, 5.74) is 0.0647. The predicted molar refractivity (Wildman–Crippen MR) is 128 cm³/mol. The van der Waals surface area contributed by atoms with Crippen LogP contribution < -0.4 is 21.5 Å². The fourth-order valence-electron chi connectivity index (χ4n) is 4.60. The minimum atomic E-state index is -0.703. The van der Waals surface area contributed by atoms with Crippen molar-refractivity contribution in [2.24, 2.45) is 5.41 Å². The van der Waals surface area contributed by atoms with Crippen LogP contribution in [0.25, 0.3) is 0 Å². The Morgan fingerprint density at radius 3 is 2.35 bits per heavy atom. The van der Waals surface area contributed by atoms with Gasteiger partial charge >= 0.3 is 0 Å². The first-order valence-corrected chi connectivity index (χ1v) is 11.2. The maximum atomic E-state index is 12.6. The maximum Gasteiger partial charge on any atom is 0.275 e. The van der Waals surface area contributed by atoms with Gasteiger partial charge in [-0.2, -0.15) is 0 Å². The van der Waals surface area contributed by atoms with Crippen molar-refractivity contribution in [3.05, 3.63) is 62.2 Å². The summed E-state index contributed by atoms with van der Waals surface area (Å²) in [5, 5.41) is 16.7. The Kier molecular flexibility index (Phi) is 6.07. The number of hydrogen-bond donors (Lipinski definition) is 3. The van der Waals surface area contributed by atoms with Gasteiger partial charge in [-0.15, -0.1) is 0 Å². The van der Waals surface area contributed by atoms with Crippen LogP contribution in [0, 0.1) is 12.3 Å². The van der Waals surface area contributed by atoms with Gasteiger partial charge in [0.15, 0.2) is 11.4 Å². The molecule has 3 aromatic rings. The Balaban J connectivity index is 1.70. The Morgan fingerprint density at radius 2 is 1.71 bits per heavy atom. The third-order valence-electron chi connectivity index (χ3n) is 6.63. The lowest BCUT2D eigenvalue weighted by atomic mass is 9.78. The van der Waals surface area contributed by atoms with Crippen LogP contribution in [0.15, 0.2) is 34.2 Å². The van der Waals surface area contributed by atoms with Gasteiger partial charge in [0, 0.05) is 32.7 Å². The van der Waals surface area contributed by atoms with E-state index in [2.05, 4.69) is 32.5 Å². The highest BCUT2D eigenvalue weighted by Crippen LogP contribution is 2.49. The molecule has 4 rings (SSSR count). The monoisotopic (exact) mass is 464 g/mol. The van der Waals surface area contributed by atoms with E-state index in [-0.39, 0.29) is 34.2 Å². The molecule has 10 nitrogen and oxygen atoms in total. The molecule has 10 heteroatoms. The Bertz CT molecular complexity index is 1310. The van der Waals surface area contributed by atoms with Crippen molar-refractivity contribution in [2.45, 2.75) is 45.6 Å². The number of nitrogens with one attached hydrogen (secondary N) is 2. The van der Waals surface area contributed by atoms with Crippen molar-refractivity contribution in [3.8, 4) is 5.75 Å². The van der Waals surface area contributed by atoms with Crippen molar-refractivity contribution < 1.29 is 9.90 Å². The van der Waals surface area contributed by atoms with E-state index in [9.17, 15) is 19.5 Å². The molecule has 0 spiro atoms. The molecule has 1 fully saturated rings. The van der Waals surface area contributed by atoms with Crippen molar-refractivity contribution in [1.29, 1.82) is 0 Å². The largest absolute Gasteiger partial charge is 0.504 e. The molecule has 1 aliphatic rings. The third-order valence-corrected chi connectivity index (χ3v) is 6.63. The van der Waals surface area contributed by atoms with Crippen LogP contribution in [0.4, 0.5) is 17.1 Å². The number of pyridine rings is 1. The molecule has 2 aromatic heterocycles. The van der Waals surface area contributed by atoms with E-state index in [4.69, 9.17) is 0 Å². The second-order valence-electron chi connectivity index (χ2n) is 9.25. The summed E-state index contributed by atoms with van der Waals surface area (Å²) in [6, 6.07) is 1.11. The van der Waals surface area contributed by atoms with E-state index >= 15 is 0 Å². The minimum absolute atomic E-state index is 0.0305. The first kappa shape index (κ1) is 23.3. The molecule has 0 bridgehead atoms. The molecule has 1 aromatic carbocycles. The number of amides is 1. The van der Waals surface area contributed by atoms with E-state index in [1.807, 2.05) is 6.92 Å². The Labute approximate surface area is 196 Å². The minimum Gasteiger partial charge on any atom is -0.504 e. The molecule has 1 aliphatic carbocycles. The fraction of sp³-hybridized carbons (Fsp3) is 0.417. The molecule has 1 saturated carbocycles. The zero-order valence-corrected chi connectivity index (χ0v) is 19.7. The van der Waals surface area contributed by atoms with Crippen LogP contribution in [0.2, 0.25) is 0 Å². The first-order valence-electron chi connectivity index (χ1n) is 11.2. The van der Waals surface area contributed by atoms with Crippen LogP contribution in [-0.2, 0) is 0 Å². The number of aromatic nitrogens is 3. The Morgan fingerprint density at radius 1 is 1.06 bits per heavy atom. The highest BCUT2D eigenvalue weighted by Gasteiger charge is 2.41. The second-order valence-corrected chi connectivity index (χ2v) is 9.25. The molecular formula is C24H28N6O4. The summed E-state index contributed by atoms with van der Waals surface area (Å²) >= 11 is 0. The van der Waals surface area contributed by atoms with Gasteiger partial charge in [0.1, 0.15) is 11.4 Å². The van der Waals surface area contributed by atoms with Gasteiger partial charge in [-0.05, 0) is 31.2 Å². The quantitative estimate of drug-likeness (QED) is 0.451. The predicted octanol–water partition coefficient (Wildman–Crippen LogP) is 2.66. The summed E-state index contributed by atoms with van der Waals surface area (Å²) in [6.45, 7) is 4.02. The van der Waals surface area contributed by atoms with E-state index in [1.165, 1.54) is 17.2 Å². The van der Waals surface area contributed by atoms with E-state index in [0.717, 1.165) is 37.1 Å². The number of aromatic hydroxyl groups is 1. The van der Waals surface area contributed by atoms with Gasteiger partial charge in [-0.25, -0.2) is 4.98 Å². The molecule has 2 heterocycles. The first-order chi connectivity index (χ1) is 16.1. The topological polar surface area (TPSA) is 137 Å². The van der Waals surface area contributed by atoms with Crippen LogP contribution in [0.5, 0.6) is 5.75 Å². The van der Waals surface area contributed by atoms with Gasteiger partial charge < -0.3 is 20.6 Å². The molecule has 0 saturated heterocycles. The normalized spacial score (nSPS) is 15.8. The van der Waals surface area contributed by atoms with Gasteiger partial charge in [0.05, 0.1) is 23.1 Å². The van der Waals surface area contributed by atoms with E-state index in [1.54, 1.807) is 26.5 Å². The van der Waals surface area contributed by atoms with Crippen LogP contribution in [0.1, 0.15) is 60.5 Å². The van der Waals surface area contributed by atoms with Crippen LogP contribution in [-0.4, -0.2) is 45.0 Å². The molecule has 34 heavy (non-hydrogen) atoms. The lowest BCUT2D eigenvalue weighted by Gasteiger charge is -2.36. The zero-order valence-electron chi connectivity index (χ0n) is 19.7. The zero-order chi connectivity index (χ0) is 24.6. The highest BCUT2D eigenvalue weighted by atomic mass is 16.3. The molecule has 1 amide bonds. The maximum absolute atomic E-state index is 12.6. The van der Waals surface area contributed by atoms with Gasteiger partial charge in [0.2, 0.25) is 0 Å². The highest BCUT2D eigenvalue weighted by molar-refractivity contribution is 5.97. The lowest BCUT2D eigenvalue weighted by molar-refractivity contribution is 0.0819. The molecule has 0 aliphatic heterocycles. The number of rotatable bonds is 7. The fourth-order valence-corrected chi connectivity index (χ4v) is 4.60. The molecule has 0 unspecified atom stereocenters. The summed E-state index contributed by atoms with van der Waals surface area (Å²) in [7, 11) is 3.08. The molecule has 3 N–H and O–H groups in total. The average molecular weight is 465 g/mol. The summed E-state index contributed by atoms with van der Waals surface area (Å²) < 4.78 is 0. The van der Waals surface area contributed by atoms with Crippen molar-refractivity contribution >= 4 is 23.0 Å². The number of carbonyl (C=O) groups excluding carboxylic acids is 1. The van der Waals surface area contributed by atoms with Gasteiger partial charge in [-0.3, -0.25) is 24.4 Å². The average Bonchev–Trinajstić information content (AvgIpc) is 3.26. The Hall–Kier alpha value is -3.82. The molecule has 178 valence electrons. The van der Waals surface area contributed by atoms with Crippen LogP contribution >= 0.6 is 0 Å². The number of hydrogen-bond acceptors (Lipinski definition) is 9. The molecule has 1 atom stereocenters. The van der Waals surface area contributed by atoms with Crippen molar-refractivity contribution in [1.82, 2.24) is 19.9 Å². The number of anilines is 3.